The number of rotatable bonds is 4. The first kappa shape index (κ1) is 18.9. The molecule has 10 heteroatoms. The van der Waals surface area contributed by atoms with Crippen LogP contribution in [0.5, 0.6) is 0 Å². The number of carbonyl (C=O) groups excluding carboxylic acids is 2. The molecular formula is C18H23N5O4S. The van der Waals surface area contributed by atoms with E-state index in [1.54, 1.807) is 16.5 Å². The molecule has 0 aliphatic carbocycles. The standard InChI is InChI=1S/C18H23N5O4S/c1-5-8-26-23-11-9-22(16(23)24)13(12-14(11)28-10-20-12)15-19-6-7-21(15)17(25)27-18(2,3)4/h5,10-11,13H,1,6-9H2,2-4H3/t11-,13-/m0/s1. The van der Waals surface area contributed by atoms with Gasteiger partial charge in [-0.2, -0.15) is 5.06 Å². The van der Waals surface area contributed by atoms with Gasteiger partial charge in [-0.25, -0.2) is 14.6 Å². The molecule has 4 heterocycles. The Labute approximate surface area is 167 Å². The van der Waals surface area contributed by atoms with Gasteiger partial charge in [-0.05, 0) is 20.8 Å². The number of fused-ring (bicyclic) bond motifs is 4. The number of amidine groups is 1. The molecule has 1 aromatic heterocycles. The maximum atomic E-state index is 13.0. The lowest BCUT2D eigenvalue weighted by Crippen LogP contribution is -2.47. The smallest absolute Gasteiger partial charge is 0.415 e. The van der Waals surface area contributed by atoms with Crippen LogP contribution < -0.4 is 0 Å². The van der Waals surface area contributed by atoms with Gasteiger partial charge < -0.3 is 9.64 Å². The van der Waals surface area contributed by atoms with E-state index in [-0.39, 0.29) is 18.7 Å². The summed E-state index contributed by atoms with van der Waals surface area (Å²) in [5, 5.41) is 1.38. The van der Waals surface area contributed by atoms with Crippen LogP contribution in [-0.4, -0.2) is 69.6 Å². The van der Waals surface area contributed by atoms with Crippen molar-refractivity contribution in [2.75, 3.05) is 26.2 Å². The number of carbonyl (C=O) groups is 2. The summed E-state index contributed by atoms with van der Waals surface area (Å²) in [6.07, 6.45) is 1.13. The summed E-state index contributed by atoms with van der Waals surface area (Å²) >= 11 is 1.48. The van der Waals surface area contributed by atoms with Gasteiger partial charge in [0, 0.05) is 0 Å². The lowest BCUT2D eigenvalue weighted by molar-refractivity contribution is -0.118. The first-order valence-electron chi connectivity index (χ1n) is 9.13. The van der Waals surface area contributed by atoms with Crippen molar-refractivity contribution in [3.63, 3.8) is 0 Å². The summed E-state index contributed by atoms with van der Waals surface area (Å²) in [5.41, 5.74) is 1.88. The monoisotopic (exact) mass is 405 g/mol. The lowest BCUT2D eigenvalue weighted by Gasteiger charge is -2.33. The largest absolute Gasteiger partial charge is 0.443 e. The van der Waals surface area contributed by atoms with E-state index in [4.69, 9.17) is 9.57 Å². The van der Waals surface area contributed by atoms with Gasteiger partial charge >= 0.3 is 12.1 Å². The van der Waals surface area contributed by atoms with Crippen molar-refractivity contribution in [3.8, 4) is 0 Å². The highest BCUT2D eigenvalue weighted by Gasteiger charge is 2.53. The number of urea groups is 1. The summed E-state index contributed by atoms with van der Waals surface area (Å²) in [6, 6.07) is -1.01. The number of hydrogen-bond donors (Lipinski definition) is 0. The minimum absolute atomic E-state index is 0.219. The van der Waals surface area contributed by atoms with Crippen molar-refractivity contribution in [3.05, 3.63) is 28.7 Å². The highest BCUT2D eigenvalue weighted by atomic mass is 32.1. The number of thiazole rings is 1. The van der Waals surface area contributed by atoms with Gasteiger partial charge in [-0.3, -0.25) is 14.7 Å². The molecular weight excluding hydrogens is 382 g/mol. The summed E-state index contributed by atoms with van der Waals surface area (Å²) in [7, 11) is 0. The molecule has 1 fully saturated rings. The lowest BCUT2D eigenvalue weighted by atomic mass is 10.0. The third kappa shape index (κ3) is 3.06. The highest BCUT2D eigenvalue weighted by molar-refractivity contribution is 7.09. The zero-order valence-corrected chi connectivity index (χ0v) is 16.9. The maximum Gasteiger partial charge on any atom is 0.415 e. The molecule has 0 N–H and O–H groups in total. The van der Waals surface area contributed by atoms with Gasteiger partial charge in [-0.15, -0.1) is 17.9 Å². The average molecular weight is 405 g/mol. The molecule has 4 rings (SSSR count). The Bertz CT molecular complexity index is 845. The topological polar surface area (TPSA) is 87.6 Å². The molecule has 3 aliphatic heterocycles. The fourth-order valence-electron chi connectivity index (χ4n) is 3.61. The fourth-order valence-corrected chi connectivity index (χ4v) is 4.50. The van der Waals surface area contributed by atoms with E-state index in [1.165, 1.54) is 21.3 Å². The molecule has 3 aliphatic rings. The Kier molecular flexibility index (Phi) is 4.62. The molecule has 0 aromatic carbocycles. The Morgan fingerprint density at radius 2 is 2.25 bits per heavy atom. The summed E-state index contributed by atoms with van der Waals surface area (Å²) in [4.78, 5) is 44.5. The third-order valence-corrected chi connectivity index (χ3v) is 5.59. The minimum atomic E-state index is -0.618. The van der Waals surface area contributed by atoms with Gasteiger partial charge in [0.1, 0.15) is 23.5 Å². The molecule has 2 atom stereocenters. The molecule has 0 saturated carbocycles. The van der Waals surface area contributed by atoms with Crippen LogP contribution in [0.3, 0.4) is 0 Å². The molecule has 1 saturated heterocycles. The minimum Gasteiger partial charge on any atom is -0.443 e. The Morgan fingerprint density at radius 3 is 2.96 bits per heavy atom. The van der Waals surface area contributed by atoms with E-state index in [2.05, 4.69) is 16.6 Å². The number of hydrogen-bond acceptors (Lipinski definition) is 7. The third-order valence-electron chi connectivity index (χ3n) is 4.65. The summed E-state index contributed by atoms with van der Waals surface area (Å²) < 4.78 is 5.53. The van der Waals surface area contributed by atoms with Crippen LogP contribution in [0.1, 0.15) is 43.4 Å². The van der Waals surface area contributed by atoms with Crippen LogP contribution in [0.2, 0.25) is 0 Å². The van der Waals surface area contributed by atoms with E-state index < -0.39 is 17.7 Å². The van der Waals surface area contributed by atoms with E-state index in [9.17, 15) is 9.59 Å². The zero-order valence-electron chi connectivity index (χ0n) is 16.1. The van der Waals surface area contributed by atoms with Crippen LogP contribution in [0, 0.1) is 0 Å². The van der Waals surface area contributed by atoms with Crippen LogP contribution >= 0.6 is 11.3 Å². The van der Waals surface area contributed by atoms with Crippen LogP contribution in [-0.2, 0) is 9.57 Å². The second-order valence-corrected chi connectivity index (χ2v) is 8.62. The Morgan fingerprint density at radius 1 is 1.46 bits per heavy atom. The van der Waals surface area contributed by atoms with Gasteiger partial charge in [0.15, 0.2) is 0 Å². The van der Waals surface area contributed by atoms with Crippen LogP contribution in [0.25, 0.3) is 0 Å². The van der Waals surface area contributed by atoms with Crippen molar-refractivity contribution >= 4 is 29.3 Å². The predicted molar refractivity (Wildman–Crippen MR) is 103 cm³/mol. The number of amides is 3. The average Bonchev–Trinajstić information content (AvgIpc) is 3.33. The SMILES string of the molecule is C=CCON1C(=O)N2C[C@H]1c1scnc1[C@H]2C1=NCCN1C(=O)OC(C)(C)C. The summed E-state index contributed by atoms with van der Waals surface area (Å²) in [5.74, 6) is 0.499. The van der Waals surface area contributed by atoms with E-state index in [0.717, 1.165) is 10.6 Å². The Hall–Kier alpha value is -2.46. The first-order chi connectivity index (χ1) is 13.3. The van der Waals surface area contributed by atoms with Gasteiger partial charge in [0.2, 0.25) is 0 Å². The first-order valence-corrected chi connectivity index (χ1v) is 10.0. The van der Waals surface area contributed by atoms with E-state index in [1.807, 2.05) is 20.8 Å². The molecule has 1 aromatic rings. The fraction of sp³-hybridized carbons (Fsp3) is 0.556. The normalized spacial score (nSPS) is 23.8. The van der Waals surface area contributed by atoms with Gasteiger partial charge in [-0.1, -0.05) is 6.08 Å². The van der Waals surface area contributed by atoms with E-state index in [0.29, 0.717) is 25.5 Å². The van der Waals surface area contributed by atoms with Gasteiger partial charge in [0.05, 0.1) is 42.3 Å². The molecule has 0 spiro atoms. The highest BCUT2D eigenvalue weighted by Crippen LogP contribution is 2.46. The molecule has 9 nitrogen and oxygen atoms in total. The van der Waals surface area contributed by atoms with Crippen LogP contribution in [0.15, 0.2) is 23.2 Å². The van der Waals surface area contributed by atoms with Crippen molar-refractivity contribution in [1.29, 1.82) is 0 Å². The second-order valence-electron chi connectivity index (χ2n) is 7.74. The molecule has 3 amide bonds. The zero-order chi connectivity index (χ0) is 20.1. The number of hydroxylamine groups is 2. The van der Waals surface area contributed by atoms with Crippen molar-refractivity contribution in [2.45, 2.75) is 38.5 Å². The number of ether oxygens (including phenoxy) is 1. The van der Waals surface area contributed by atoms with Crippen LogP contribution in [0.4, 0.5) is 9.59 Å². The van der Waals surface area contributed by atoms with E-state index >= 15 is 0 Å². The number of nitrogens with zero attached hydrogens (tertiary/aromatic N) is 5. The second kappa shape index (κ2) is 6.85. The maximum absolute atomic E-state index is 13.0. The molecule has 0 unspecified atom stereocenters. The quantitative estimate of drug-likeness (QED) is 0.719. The number of aliphatic imine (C=N–C) groups is 1. The van der Waals surface area contributed by atoms with Crippen molar-refractivity contribution in [2.24, 2.45) is 4.99 Å². The molecule has 0 radical (unpaired) electrons. The molecule has 150 valence electrons. The van der Waals surface area contributed by atoms with Crippen molar-refractivity contribution < 1.29 is 19.2 Å². The Balaban J connectivity index is 1.66. The number of aromatic nitrogens is 1. The van der Waals surface area contributed by atoms with Gasteiger partial charge in [0.25, 0.3) is 0 Å². The molecule has 2 bridgehead atoms. The summed E-state index contributed by atoms with van der Waals surface area (Å²) in [6.45, 7) is 10.7. The van der Waals surface area contributed by atoms with Crippen molar-refractivity contribution in [1.82, 2.24) is 19.8 Å². The predicted octanol–water partition coefficient (Wildman–Crippen LogP) is 2.74. The molecule has 28 heavy (non-hydrogen) atoms.